The molecule has 1 fully saturated rings. The first-order chi connectivity index (χ1) is 16.8. The molecular formula is C20H22N7O6S2+. The molecule has 0 saturated carbocycles. The van der Waals surface area contributed by atoms with Gasteiger partial charge in [0.1, 0.15) is 24.2 Å². The highest BCUT2D eigenvalue weighted by atomic mass is 32.2. The standard InChI is InChI=1S/C20H21N7O6S2/c1-32-8-10-3-5-26(6-4-10)7-11-9-34-18-13(17(29)27(18)14(11)19(30)31)22-16(28)12(24-33-2)15-23-20(21)35-25-15/h3-6,13,18H,7-9H2,1-2H3,(H3-,21,22,23,25,28,30,31)/p+1/b24-12-/t13-,18-/m1/s1. The van der Waals surface area contributed by atoms with Gasteiger partial charge in [-0.15, -0.1) is 11.8 Å². The fraction of sp³-hybridized carbons (Fsp3) is 0.350. The van der Waals surface area contributed by atoms with Crippen LogP contribution in [0.3, 0.4) is 0 Å². The first kappa shape index (κ1) is 24.6. The average molecular weight is 521 g/mol. The Morgan fingerprint density at radius 3 is 2.71 bits per heavy atom. The Labute approximate surface area is 207 Å². The molecule has 184 valence electrons. The van der Waals surface area contributed by atoms with Gasteiger partial charge >= 0.3 is 5.97 Å². The van der Waals surface area contributed by atoms with Crippen LogP contribution < -0.4 is 15.6 Å². The number of carbonyl (C=O) groups excluding carboxylic acids is 2. The van der Waals surface area contributed by atoms with E-state index >= 15 is 0 Å². The lowest BCUT2D eigenvalue weighted by Gasteiger charge is -2.49. The van der Waals surface area contributed by atoms with Crippen molar-refractivity contribution in [3.8, 4) is 0 Å². The average Bonchev–Trinajstić information content (AvgIpc) is 3.27. The van der Waals surface area contributed by atoms with Crippen LogP contribution in [0.1, 0.15) is 11.4 Å². The van der Waals surface area contributed by atoms with E-state index in [0.717, 1.165) is 17.1 Å². The maximum atomic E-state index is 12.9. The highest BCUT2D eigenvalue weighted by molar-refractivity contribution is 8.00. The molecule has 2 amide bonds. The van der Waals surface area contributed by atoms with Gasteiger partial charge in [-0.2, -0.15) is 9.36 Å². The van der Waals surface area contributed by atoms with E-state index in [1.165, 1.54) is 23.8 Å². The second kappa shape index (κ2) is 10.4. The van der Waals surface area contributed by atoms with Crippen LogP contribution in [0.4, 0.5) is 5.13 Å². The molecule has 0 aliphatic carbocycles. The summed E-state index contributed by atoms with van der Waals surface area (Å²) in [6.07, 6.45) is 3.66. The number of thioether (sulfide) groups is 1. The second-order valence-corrected chi connectivity index (χ2v) is 9.40. The van der Waals surface area contributed by atoms with Crippen molar-refractivity contribution in [3.63, 3.8) is 0 Å². The number of fused-ring (bicyclic) bond motifs is 1. The number of rotatable bonds is 9. The lowest BCUT2D eigenvalue weighted by Crippen LogP contribution is -2.71. The summed E-state index contributed by atoms with van der Waals surface area (Å²) in [7, 11) is 2.86. The van der Waals surface area contributed by atoms with Crippen LogP contribution in [-0.2, 0) is 37.1 Å². The van der Waals surface area contributed by atoms with E-state index in [-0.39, 0.29) is 22.4 Å². The number of β-lactam (4-membered cyclic amide) rings is 1. The van der Waals surface area contributed by atoms with Gasteiger partial charge in [0.15, 0.2) is 24.1 Å². The Kier molecular flexibility index (Phi) is 7.28. The van der Waals surface area contributed by atoms with Crippen LogP contribution in [0.5, 0.6) is 0 Å². The normalized spacial score (nSPS) is 19.8. The quantitative estimate of drug-likeness (QED) is 0.167. The van der Waals surface area contributed by atoms with Crippen LogP contribution in [0.2, 0.25) is 0 Å². The van der Waals surface area contributed by atoms with Gasteiger partial charge in [-0.25, -0.2) is 9.36 Å². The van der Waals surface area contributed by atoms with E-state index in [9.17, 15) is 19.5 Å². The highest BCUT2D eigenvalue weighted by Gasteiger charge is 2.54. The number of nitrogens with one attached hydrogen (secondary N) is 1. The zero-order chi connectivity index (χ0) is 25.1. The summed E-state index contributed by atoms with van der Waals surface area (Å²) < 4.78 is 10.9. The molecule has 4 N–H and O–H groups in total. The van der Waals surface area contributed by atoms with Gasteiger partial charge < -0.3 is 25.7 Å². The number of carboxylic acids is 1. The van der Waals surface area contributed by atoms with Crippen molar-refractivity contribution in [1.29, 1.82) is 0 Å². The Bertz CT molecular complexity index is 1210. The van der Waals surface area contributed by atoms with Crippen molar-refractivity contribution in [2.24, 2.45) is 5.16 Å². The zero-order valence-corrected chi connectivity index (χ0v) is 20.3. The van der Waals surface area contributed by atoms with Gasteiger partial charge in [-0.3, -0.25) is 14.5 Å². The third-order valence-electron chi connectivity index (χ3n) is 5.23. The molecule has 35 heavy (non-hydrogen) atoms. The van der Waals surface area contributed by atoms with Crippen molar-refractivity contribution in [2.75, 3.05) is 25.7 Å². The topological polar surface area (TPSA) is 173 Å². The van der Waals surface area contributed by atoms with Crippen molar-refractivity contribution >= 4 is 51.9 Å². The molecule has 0 radical (unpaired) electrons. The fourth-order valence-corrected chi connectivity index (χ4v) is 5.47. The van der Waals surface area contributed by atoms with Gasteiger partial charge in [-0.05, 0) is 5.56 Å². The predicted molar refractivity (Wildman–Crippen MR) is 125 cm³/mol. The third-order valence-corrected chi connectivity index (χ3v) is 7.11. The lowest BCUT2D eigenvalue weighted by molar-refractivity contribution is -0.689. The maximum Gasteiger partial charge on any atom is 0.352 e. The number of nitrogens with two attached hydrogens (primary N) is 1. The SMILES string of the molecule is COCc1cc[n+](CC2=C(C(=O)O)N3C(=O)[C@@H](NC(=O)/C(=N\OC)c4nsc(N)n4)[C@H]3SC2)cc1. The van der Waals surface area contributed by atoms with Gasteiger partial charge in [0, 0.05) is 42.1 Å². The summed E-state index contributed by atoms with van der Waals surface area (Å²) in [5.41, 5.74) is 6.84. The molecule has 1 saturated heterocycles. The first-order valence-corrected chi connectivity index (χ1v) is 12.0. The van der Waals surface area contributed by atoms with Crippen molar-refractivity contribution in [3.05, 3.63) is 47.2 Å². The summed E-state index contributed by atoms with van der Waals surface area (Å²) in [4.78, 5) is 47.7. The van der Waals surface area contributed by atoms with Gasteiger partial charge in [0.05, 0.1) is 6.61 Å². The minimum absolute atomic E-state index is 0.0336. The molecule has 15 heteroatoms. The van der Waals surface area contributed by atoms with Crippen LogP contribution in [-0.4, -0.2) is 74.2 Å². The largest absolute Gasteiger partial charge is 0.477 e. The molecule has 0 spiro atoms. The summed E-state index contributed by atoms with van der Waals surface area (Å²) in [6, 6.07) is 2.82. The maximum absolute atomic E-state index is 12.9. The van der Waals surface area contributed by atoms with E-state index in [4.69, 9.17) is 15.3 Å². The Morgan fingerprint density at radius 1 is 1.37 bits per heavy atom. The third kappa shape index (κ3) is 4.96. The van der Waals surface area contributed by atoms with E-state index in [1.807, 2.05) is 29.1 Å². The number of carbonyl (C=O) groups is 3. The molecule has 4 rings (SSSR count). The first-order valence-electron chi connectivity index (χ1n) is 10.2. The van der Waals surface area contributed by atoms with E-state index in [0.29, 0.717) is 24.5 Å². The fourth-order valence-electron chi connectivity index (χ4n) is 3.70. The molecule has 0 bridgehead atoms. The molecule has 0 aromatic carbocycles. The smallest absolute Gasteiger partial charge is 0.352 e. The number of pyridine rings is 1. The Morgan fingerprint density at radius 2 is 2.11 bits per heavy atom. The van der Waals surface area contributed by atoms with Crippen LogP contribution >= 0.6 is 23.3 Å². The molecule has 2 aromatic heterocycles. The number of nitrogens with zero attached hydrogens (tertiary/aromatic N) is 5. The van der Waals surface area contributed by atoms with Crippen molar-refractivity contribution in [2.45, 2.75) is 24.6 Å². The number of aromatic nitrogens is 3. The molecule has 4 heterocycles. The number of anilines is 1. The number of hydrogen-bond donors (Lipinski definition) is 3. The number of ether oxygens (including phenoxy) is 1. The van der Waals surface area contributed by atoms with Gasteiger partial charge in [0.2, 0.25) is 11.5 Å². The number of nitrogen functional groups attached to an aromatic ring is 1. The number of hydrogen-bond acceptors (Lipinski definition) is 11. The molecule has 2 aliphatic rings. The van der Waals surface area contributed by atoms with E-state index in [1.54, 1.807) is 7.11 Å². The monoisotopic (exact) mass is 520 g/mol. The summed E-state index contributed by atoms with van der Waals surface area (Å²) in [5.74, 6) is -2.13. The molecule has 2 aromatic rings. The molecule has 13 nitrogen and oxygen atoms in total. The second-order valence-electron chi connectivity index (χ2n) is 7.51. The minimum Gasteiger partial charge on any atom is -0.477 e. The number of methoxy groups -OCH3 is 1. The van der Waals surface area contributed by atoms with Gasteiger partial charge in [0.25, 0.3) is 11.8 Å². The Hall–Kier alpha value is -3.56. The summed E-state index contributed by atoms with van der Waals surface area (Å²) in [5, 5.41) is 15.7. The zero-order valence-electron chi connectivity index (χ0n) is 18.7. The van der Waals surface area contributed by atoms with Crippen LogP contribution in [0.15, 0.2) is 41.0 Å². The van der Waals surface area contributed by atoms with E-state index < -0.39 is 29.2 Å². The number of carboxylic acid groups (broad SMARTS) is 1. The highest BCUT2D eigenvalue weighted by Crippen LogP contribution is 2.40. The van der Waals surface area contributed by atoms with Crippen LogP contribution in [0, 0.1) is 0 Å². The molecule has 0 unspecified atom stereocenters. The summed E-state index contributed by atoms with van der Waals surface area (Å²) >= 11 is 2.25. The molecule has 2 atom stereocenters. The van der Waals surface area contributed by atoms with Crippen LogP contribution in [0.25, 0.3) is 0 Å². The van der Waals surface area contributed by atoms with E-state index in [2.05, 4.69) is 19.8 Å². The molecule has 2 aliphatic heterocycles. The Balaban J connectivity index is 1.50. The van der Waals surface area contributed by atoms with Crippen molar-refractivity contribution in [1.82, 2.24) is 19.6 Å². The summed E-state index contributed by atoms with van der Waals surface area (Å²) in [6.45, 7) is 0.774. The molecular weight excluding hydrogens is 498 g/mol. The minimum atomic E-state index is -1.20. The van der Waals surface area contributed by atoms with Gasteiger partial charge in [-0.1, -0.05) is 5.16 Å². The predicted octanol–water partition coefficient (Wildman–Crippen LogP) is -0.656. The number of aliphatic carboxylic acids is 1. The lowest BCUT2D eigenvalue weighted by atomic mass is 10.0. The number of amides is 2. The van der Waals surface area contributed by atoms with Crippen molar-refractivity contribution < 1.29 is 33.6 Å². The number of oxime groups is 1.